The fourth-order valence-electron chi connectivity index (χ4n) is 3.23. The van der Waals surface area contributed by atoms with Gasteiger partial charge in [-0.3, -0.25) is 0 Å². The number of thiophene rings is 1. The standard InChI is InChI=1S/C16H19N5S/c1-2-13-5-3-4-9-20(13)15-7-6-14-17-18-16(21(14)19-15)12-8-10-22-11-12/h6-8,10-11,13H,2-5,9H2,1H3. The lowest BCUT2D eigenvalue weighted by atomic mass is 10.0. The Hall–Kier alpha value is -1.95. The van der Waals surface area contributed by atoms with E-state index in [0.29, 0.717) is 6.04 Å². The Balaban J connectivity index is 1.78. The Labute approximate surface area is 133 Å². The first-order valence-electron chi connectivity index (χ1n) is 7.88. The molecule has 0 amide bonds. The molecule has 1 fully saturated rings. The van der Waals surface area contributed by atoms with E-state index in [1.807, 2.05) is 10.6 Å². The van der Waals surface area contributed by atoms with Gasteiger partial charge in [-0.1, -0.05) is 6.92 Å². The molecule has 1 aliphatic heterocycles. The van der Waals surface area contributed by atoms with Crippen molar-refractivity contribution in [2.24, 2.45) is 0 Å². The summed E-state index contributed by atoms with van der Waals surface area (Å²) in [6.45, 7) is 3.35. The highest BCUT2D eigenvalue weighted by Gasteiger charge is 2.23. The molecule has 22 heavy (non-hydrogen) atoms. The number of nitrogens with zero attached hydrogens (tertiary/aromatic N) is 5. The van der Waals surface area contributed by atoms with Gasteiger partial charge in [-0.05, 0) is 49.3 Å². The molecule has 0 aliphatic carbocycles. The van der Waals surface area contributed by atoms with Crippen LogP contribution in [-0.4, -0.2) is 32.4 Å². The van der Waals surface area contributed by atoms with E-state index in [1.165, 1.54) is 25.7 Å². The summed E-state index contributed by atoms with van der Waals surface area (Å²) >= 11 is 1.66. The first-order valence-corrected chi connectivity index (χ1v) is 8.83. The molecule has 3 aromatic rings. The topological polar surface area (TPSA) is 46.3 Å². The first kappa shape index (κ1) is 13.7. The molecule has 0 N–H and O–H groups in total. The Kier molecular flexibility index (Phi) is 3.54. The molecule has 1 atom stereocenters. The molecule has 0 bridgehead atoms. The maximum absolute atomic E-state index is 4.84. The monoisotopic (exact) mass is 313 g/mol. The summed E-state index contributed by atoms with van der Waals surface area (Å²) in [6, 6.07) is 6.76. The highest BCUT2D eigenvalue weighted by Crippen LogP contribution is 2.26. The van der Waals surface area contributed by atoms with Crippen LogP contribution in [0.4, 0.5) is 5.82 Å². The number of piperidine rings is 1. The minimum absolute atomic E-state index is 0.597. The van der Waals surface area contributed by atoms with Gasteiger partial charge in [-0.2, -0.15) is 15.9 Å². The van der Waals surface area contributed by atoms with Crippen LogP contribution in [-0.2, 0) is 0 Å². The summed E-state index contributed by atoms with van der Waals surface area (Å²) < 4.78 is 1.87. The van der Waals surface area contributed by atoms with Gasteiger partial charge in [0.25, 0.3) is 0 Å². The lowest BCUT2D eigenvalue weighted by Crippen LogP contribution is -2.39. The molecule has 1 saturated heterocycles. The molecule has 0 aromatic carbocycles. The van der Waals surface area contributed by atoms with Crippen molar-refractivity contribution >= 4 is 22.8 Å². The van der Waals surface area contributed by atoms with Gasteiger partial charge in [0.1, 0.15) is 5.82 Å². The van der Waals surface area contributed by atoms with E-state index in [9.17, 15) is 0 Å². The largest absolute Gasteiger partial charge is 0.352 e. The van der Waals surface area contributed by atoms with E-state index in [0.717, 1.165) is 29.4 Å². The second kappa shape index (κ2) is 5.68. The molecular weight excluding hydrogens is 294 g/mol. The van der Waals surface area contributed by atoms with Gasteiger partial charge in [-0.15, -0.1) is 15.3 Å². The quantitative estimate of drug-likeness (QED) is 0.741. The minimum Gasteiger partial charge on any atom is -0.352 e. The SMILES string of the molecule is CCC1CCCCN1c1ccc2nnc(-c3ccsc3)n2n1. The highest BCUT2D eigenvalue weighted by atomic mass is 32.1. The molecule has 4 heterocycles. The van der Waals surface area contributed by atoms with Gasteiger partial charge >= 0.3 is 0 Å². The summed E-state index contributed by atoms with van der Waals surface area (Å²) in [5.74, 6) is 1.86. The number of anilines is 1. The Bertz CT molecular complexity index is 764. The van der Waals surface area contributed by atoms with E-state index < -0.39 is 0 Å². The third-order valence-corrected chi connectivity index (χ3v) is 5.10. The maximum atomic E-state index is 4.84. The number of fused-ring (bicyclic) bond motifs is 1. The predicted molar refractivity (Wildman–Crippen MR) is 89.4 cm³/mol. The smallest absolute Gasteiger partial charge is 0.186 e. The summed E-state index contributed by atoms with van der Waals surface area (Å²) in [5.41, 5.74) is 1.88. The summed E-state index contributed by atoms with van der Waals surface area (Å²) in [4.78, 5) is 2.44. The van der Waals surface area contributed by atoms with Crippen LogP contribution in [0.3, 0.4) is 0 Å². The first-order chi connectivity index (χ1) is 10.9. The van der Waals surface area contributed by atoms with E-state index >= 15 is 0 Å². The van der Waals surface area contributed by atoms with Gasteiger partial charge in [0.2, 0.25) is 0 Å². The third kappa shape index (κ3) is 2.27. The molecule has 114 valence electrons. The van der Waals surface area contributed by atoms with Crippen molar-refractivity contribution < 1.29 is 0 Å². The van der Waals surface area contributed by atoms with E-state index in [4.69, 9.17) is 5.10 Å². The average molecular weight is 313 g/mol. The van der Waals surface area contributed by atoms with Gasteiger partial charge < -0.3 is 4.90 Å². The van der Waals surface area contributed by atoms with Gasteiger partial charge in [0.05, 0.1) is 0 Å². The van der Waals surface area contributed by atoms with E-state index in [2.05, 4.69) is 44.9 Å². The zero-order valence-corrected chi connectivity index (χ0v) is 13.5. The van der Waals surface area contributed by atoms with Gasteiger partial charge in [0, 0.05) is 23.5 Å². The summed E-state index contributed by atoms with van der Waals surface area (Å²) in [5, 5.41) is 17.5. The molecule has 0 saturated carbocycles. The minimum atomic E-state index is 0.597. The van der Waals surface area contributed by atoms with Crippen LogP contribution in [0.1, 0.15) is 32.6 Å². The van der Waals surface area contributed by atoms with E-state index in [-0.39, 0.29) is 0 Å². The van der Waals surface area contributed by atoms with Gasteiger partial charge in [0.15, 0.2) is 11.5 Å². The summed E-state index contributed by atoms with van der Waals surface area (Å²) in [7, 11) is 0. The molecular formula is C16H19N5S. The maximum Gasteiger partial charge on any atom is 0.186 e. The number of hydrogen-bond acceptors (Lipinski definition) is 5. The van der Waals surface area contributed by atoms with Crippen molar-refractivity contribution in [3.05, 3.63) is 29.0 Å². The Morgan fingerprint density at radius 3 is 3.00 bits per heavy atom. The number of hydrogen-bond donors (Lipinski definition) is 0. The second-order valence-corrected chi connectivity index (χ2v) is 6.53. The van der Waals surface area contributed by atoms with Crippen LogP contribution < -0.4 is 4.90 Å². The van der Waals surface area contributed by atoms with Crippen LogP contribution in [0, 0.1) is 0 Å². The van der Waals surface area contributed by atoms with Crippen LogP contribution in [0.25, 0.3) is 17.0 Å². The van der Waals surface area contributed by atoms with Crippen molar-refractivity contribution in [2.45, 2.75) is 38.6 Å². The second-order valence-electron chi connectivity index (χ2n) is 5.75. The normalized spacial score (nSPS) is 19.0. The van der Waals surface area contributed by atoms with Gasteiger partial charge in [-0.25, -0.2) is 0 Å². The van der Waals surface area contributed by atoms with Crippen molar-refractivity contribution in [1.29, 1.82) is 0 Å². The molecule has 1 aliphatic rings. The third-order valence-electron chi connectivity index (χ3n) is 4.42. The lowest BCUT2D eigenvalue weighted by Gasteiger charge is -2.36. The van der Waals surface area contributed by atoms with Crippen molar-refractivity contribution in [3.63, 3.8) is 0 Å². The molecule has 6 heteroatoms. The van der Waals surface area contributed by atoms with Crippen molar-refractivity contribution in [1.82, 2.24) is 19.8 Å². The fourth-order valence-corrected chi connectivity index (χ4v) is 3.87. The van der Waals surface area contributed by atoms with Crippen LogP contribution in [0.15, 0.2) is 29.0 Å². The highest BCUT2D eigenvalue weighted by molar-refractivity contribution is 7.08. The molecule has 4 rings (SSSR count). The molecule has 1 unspecified atom stereocenters. The number of aromatic nitrogens is 4. The zero-order valence-electron chi connectivity index (χ0n) is 12.6. The van der Waals surface area contributed by atoms with Crippen LogP contribution >= 0.6 is 11.3 Å². The zero-order chi connectivity index (χ0) is 14.9. The molecule has 3 aromatic heterocycles. The molecule has 5 nitrogen and oxygen atoms in total. The van der Waals surface area contributed by atoms with Crippen LogP contribution in [0.2, 0.25) is 0 Å². The fraction of sp³-hybridized carbons (Fsp3) is 0.438. The number of rotatable bonds is 3. The van der Waals surface area contributed by atoms with Crippen LogP contribution in [0.5, 0.6) is 0 Å². The average Bonchev–Trinajstić information content (AvgIpc) is 3.23. The Morgan fingerprint density at radius 2 is 2.18 bits per heavy atom. The van der Waals surface area contributed by atoms with Crippen molar-refractivity contribution in [3.8, 4) is 11.4 Å². The van der Waals surface area contributed by atoms with E-state index in [1.54, 1.807) is 11.3 Å². The van der Waals surface area contributed by atoms with Crippen molar-refractivity contribution in [2.75, 3.05) is 11.4 Å². The molecule has 0 radical (unpaired) electrons. The summed E-state index contributed by atoms with van der Waals surface area (Å²) in [6.07, 6.45) is 4.99. The predicted octanol–water partition coefficient (Wildman–Crippen LogP) is 3.62. The molecule has 0 spiro atoms. The Morgan fingerprint density at radius 1 is 1.23 bits per heavy atom. The lowest BCUT2D eigenvalue weighted by molar-refractivity contribution is 0.445.